The molecule has 3 nitrogen and oxygen atoms in total. The number of quaternary nitrogens is 1. The lowest BCUT2D eigenvalue weighted by Crippen LogP contribution is -3.00. The molecule has 0 fully saturated rings. The van der Waals surface area contributed by atoms with Gasteiger partial charge < -0.3 is 21.7 Å². The minimum atomic E-state index is -0.368. The van der Waals surface area contributed by atoms with Crippen LogP contribution in [0.4, 0.5) is 5.69 Å². The number of rotatable bonds is 5. The number of ether oxygens (including phenoxy) is 1. The molecule has 4 heteroatoms. The van der Waals surface area contributed by atoms with Crippen molar-refractivity contribution in [2.75, 3.05) is 27.2 Å². The third-order valence-electron chi connectivity index (χ3n) is 2.52. The van der Waals surface area contributed by atoms with Gasteiger partial charge in [0.15, 0.2) is 0 Å². The van der Waals surface area contributed by atoms with Gasteiger partial charge in [-0.3, -0.25) is 4.48 Å². The summed E-state index contributed by atoms with van der Waals surface area (Å²) in [6.07, 6.45) is 1.18. The molecule has 0 saturated heterocycles. The lowest BCUT2D eigenvalue weighted by Gasteiger charge is -2.28. The Morgan fingerprint density at radius 2 is 1.94 bits per heavy atom. The Labute approximate surface area is 113 Å². The summed E-state index contributed by atoms with van der Waals surface area (Å²) in [5, 5.41) is 0. The van der Waals surface area contributed by atoms with Gasteiger partial charge >= 0.3 is 5.97 Å². The molecule has 0 heterocycles. The molecule has 94 valence electrons. The zero-order chi connectivity index (χ0) is 12.0. The van der Waals surface area contributed by atoms with Gasteiger partial charge in [0.1, 0.15) is 18.8 Å². The number of benzene rings is 1. The van der Waals surface area contributed by atoms with Crippen LogP contribution in [-0.4, -0.2) is 33.2 Å². The zero-order valence-electron chi connectivity index (χ0n) is 10.2. The van der Waals surface area contributed by atoms with Crippen molar-refractivity contribution in [3.05, 3.63) is 43.0 Å². The molecule has 0 aromatic heterocycles. The van der Waals surface area contributed by atoms with Gasteiger partial charge in [-0.1, -0.05) is 24.8 Å². The second-order valence-electron chi connectivity index (χ2n) is 4.12. The Bertz CT molecular complexity index is 363. The average molecular weight is 300 g/mol. The van der Waals surface area contributed by atoms with Crippen LogP contribution in [0.5, 0.6) is 0 Å². The average Bonchev–Trinajstić information content (AvgIpc) is 2.30. The second-order valence-corrected chi connectivity index (χ2v) is 4.12. The molecule has 0 bridgehead atoms. The van der Waals surface area contributed by atoms with Crippen molar-refractivity contribution in [1.29, 1.82) is 0 Å². The van der Waals surface area contributed by atoms with Crippen LogP contribution in [0, 0.1) is 0 Å². The van der Waals surface area contributed by atoms with Gasteiger partial charge in [0.05, 0.1) is 14.1 Å². The number of likely N-dealkylation sites (N-methyl/N-ethyl adjacent to an activating group) is 1. The molecule has 0 amide bonds. The van der Waals surface area contributed by atoms with Crippen LogP contribution in [0.25, 0.3) is 0 Å². The van der Waals surface area contributed by atoms with E-state index in [1.807, 2.05) is 18.2 Å². The van der Waals surface area contributed by atoms with Crippen LogP contribution in [0.1, 0.15) is 0 Å². The topological polar surface area (TPSA) is 26.3 Å². The lowest BCUT2D eigenvalue weighted by molar-refractivity contribution is -0.137. The van der Waals surface area contributed by atoms with Crippen molar-refractivity contribution in [2.24, 2.45) is 0 Å². The molecule has 0 saturated carbocycles. The predicted molar refractivity (Wildman–Crippen MR) is 66.1 cm³/mol. The van der Waals surface area contributed by atoms with Crippen LogP contribution in [-0.2, 0) is 9.53 Å². The van der Waals surface area contributed by atoms with Crippen molar-refractivity contribution in [3.63, 3.8) is 0 Å². The van der Waals surface area contributed by atoms with Gasteiger partial charge in [-0.25, -0.2) is 4.79 Å². The van der Waals surface area contributed by atoms with Crippen molar-refractivity contribution in [1.82, 2.24) is 4.48 Å². The Morgan fingerprint density at radius 3 is 2.47 bits per heavy atom. The number of para-hydroxylation sites is 1. The van der Waals surface area contributed by atoms with Gasteiger partial charge in [-0.05, 0) is 12.1 Å². The summed E-state index contributed by atoms with van der Waals surface area (Å²) in [5.74, 6) is -0.368. The molecule has 17 heavy (non-hydrogen) atoms. The number of nitrogens with zero attached hydrogens (tertiary/aromatic N) is 1. The predicted octanol–water partition coefficient (Wildman–Crippen LogP) is -1.01. The first-order chi connectivity index (χ1) is 7.56. The quantitative estimate of drug-likeness (QED) is 0.396. The highest BCUT2D eigenvalue weighted by atomic mass is 79.9. The van der Waals surface area contributed by atoms with E-state index in [-0.39, 0.29) is 23.0 Å². The molecule has 0 spiro atoms. The van der Waals surface area contributed by atoms with E-state index in [2.05, 4.69) is 32.8 Å². The number of carbonyl (C=O) groups excluding carboxylic acids is 1. The van der Waals surface area contributed by atoms with Gasteiger partial charge in [-0.2, -0.15) is 0 Å². The molecule has 0 aliphatic heterocycles. The first-order valence-electron chi connectivity index (χ1n) is 5.24. The zero-order valence-corrected chi connectivity index (χ0v) is 11.8. The van der Waals surface area contributed by atoms with E-state index in [9.17, 15) is 4.79 Å². The SMILES string of the molecule is C=CC(=O)OCC[N+](C)(C)c1ccccc1.[Br-]. The molecule has 0 radical (unpaired) electrons. The highest BCUT2D eigenvalue weighted by Gasteiger charge is 2.18. The first kappa shape index (κ1) is 15.9. The van der Waals surface area contributed by atoms with Crippen LogP contribution in [0.3, 0.4) is 0 Å². The molecule has 0 aliphatic carbocycles. The lowest BCUT2D eigenvalue weighted by atomic mass is 10.2. The van der Waals surface area contributed by atoms with E-state index in [4.69, 9.17) is 4.74 Å². The van der Waals surface area contributed by atoms with Gasteiger partial charge in [0.25, 0.3) is 0 Å². The Balaban J connectivity index is 0.00000256. The summed E-state index contributed by atoms with van der Waals surface area (Å²) in [6.45, 7) is 4.49. The maximum Gasteiger partial charge on any atom is 0.330 e. The smallest absolute Gasteiger partial charge is 0.330 e. The number of halogens is 1. The fourth-order valence-corrected chi connectivity index (χ4v) is 1.39. The summed E-state index contributed by atoms with van der Waals surface area (Å²) in [6, 6.07) is 10.1. The molecule has 1 aromatic rings. The minimum absolute atomic E-state index is 0. The molecule has 0 N–H and O–H groups in total. The highest BCUT2D eigenvalue weighted by molar-refractivity contribution is 5.81. The maximum absolute atomic E-state index is 10.9. The molecule has 0 aliphatic rings. The highest BCUT2D eigenvalue weighted by Crippen LogP contribution is 2.17. The summed E-state index contributed by atoms with van der Waals surface area (Å²) < 4.78 is 5.66. The number of carbonyl (C=O) groups is 1. The fraction of sp³-hybridized carbons (Fsp3) is 0.308. The van der Waals surface area contributed by atoms with Gasteiger partial charge in [0.2, 0.25) is 0 Å². The van der Waals surface area contributed by atoms with Crippen molar-refractivity contribution in [3.8, 4) is 0 Å². The Hall–Kier alpha value is -1.13. The largest absolute Gasteiger partial charge is 1.00 e. The summed E-state index contributed by atoms with van der Waals surface area (Å²) >= 11 is 0. The fourth-order valence-electron chi connectivity index (χ4n) is 1.39. The standard InChI is InChI=1S/C13H18NO2.BrH/c1-4-13(15)16-11-10-14(2,3)12-8-6-5-7-9-12;/h4-9H,1,10-11H2,2-3H3;1H/q+1;/p-1. The van der Waals surface area contributed by atoms with Crippen molar-refractivity contribution in [2.45, 2.75) is 0 Å². The molecule has 0 atom stereocenters. The monoisotopic (exact) mass is 299 g/mol. The number of hydrogen-bond acceptors (Lipinski definition) is 2. The number of hydrogen-bond donors (Lipinski definition) is 0. The van der Waals surface area contributed by atoms with Gasteiger partial charge in [0, 0.05) is 6.08 Å². The van der Waals surface area contributed by atoms with E-state index in [0.717, 1.165) is 6.54 Å². The molecule has 1 rings (SSSR count). The van der Waals surface area contributed by atoms with Crippen LogP contribution in [0.15, 0.2) is 43.0 Å². The second kappa shape index (κ2) is 7.25. The minimum Gasteiger partial charge on any atom is -1.00 e. The molecule has 1 aromatic carbocycles. The third-order valence-corrected chi connectivity index (χ3v) is 2.52. The summed E-state index contributed by atoms with van der Waals surface area (Å²) in [5.41, 5.74) is 1.19. The van der Waals surface area contributed by atoms with E-state index in [1.54, 1.807) is 0 Å². The van der Waals surface area contributed by atoms with Crippen LogP contribution >= 0.6 is 0 Å². The normalized spacial score (nSPS) is 10.2. The number of esters is 1. The third kappa shape index (κ3) is 5.15. The van der Waals surface area contributed by atoms with Gasteiger partial charge in [-0.15, -0.1) is 0 Å². The summed E-state index contributed by atoms with van der Waals surface area (Å²) in [7, 11) is 4.16. The van der Waals surface area contributed by atoms with Crippen LogP contribution < -0.4 is 21.5 Å². The first-order valence-corrected chi connectivity index (χ1v) is 5.24. The van der Waals surface area contributed by atoms with Crippen LogP contribution in [0.2, 0.25) is 0 Å². The van der Waals surface area contributed by atoms with E-state index >= 15 is 0 Å². The van der Waals surface area contributed by atoms with E-state index in [0.29, 0.717) is 11.1 Å². The molecular formula is C13H18BrNO2. The van der Waals surface area contributed by atoms with Crippen molar-refractivity contribution < 1.29 is 26.5 Å². The maximum atomic E-state index is 10.9. The van der Waals surface area contributed by atoms with Crippen molar-refractivity contribution >= 4 is 11.7 Å². The summed E-state index contributed by atoms with van der Waals surface area (Å²) in [4.78, 5) is 10.9. The van der Waals surface area contributed by atoms with E-state index in [1.165, 1.54) is 11.8 Å². The molecular weight excluding hydrogens is 282 g/mol. The van der Waals surface area contributed by atoms with E-state index < -0.39 is 0 Å². The Morgan fingerprint density at radius 1 is 1.35 bits per heavy atom. The Kier molecular flexibility index (Phi) is 6.76. The molecule has 0 unspecified atom stereocenters.